The molecule has 108 heavy (non-hydrogen) atoms. The Labute approximate surface area is 629 Å². The second kappa shape index (κ2) is 33.5. The summed E-state index contributed by atoms with van der Waals surface area (Å²) in [6.07, 6.45) is 7.91. The fourth-order valence-corrected chi connectivity index (χ4v) is 13.7. The third-order valence-electron chi connectivity index (χ3n) is 18.8. The standard InChI is InChI=1S/C24H24N2.2C23H18F2N2O.C22H20N2OS/c1-18-7-11-20(12-8-18)15-25-23-17-26(24-6-4-3-5-22(23)24)16-21-13-9-19(2)10-14-21;1-15-9-11-16(12-10-15)13-27-14-20(17-5-2-3-8-21(17)27)26-23(28)18-6-4-7-19(24)22(18)25;1-15-6-8-16(9-7-15)13-27-14-21(18-4-2-3-5-22(18)27)26-23(28)19-12-17(24)10-11-20(19)25;1-15-7-9-17(10-8-15)13-24-14-19(18-5-3-4-6-20(18)24)23-22(25)21-16(2)11-12-26-21/h3-14,17,25H,15-16H2,1-2H3;2*2-12,14H,13H2,1H3,(H,26,28);3-12,14H,13H2,1-2H3,(H,23,25). The van der Waals surface area contributed by atoms with Crippen molar-refractivity contribution in [3.63, 3.8) is 0 Å². The van der Waals surface area contributed by atoms with Crippen LogP contribution in [0.5, 0.6) is 0 Å². The Morgan fingerprint density at radius 1 is 0.333 bits per heavy atom. The zero-order valence-electron chi connectivity index (χ0n) is 60.7. The average molecular weight is 1450 g/mol. The van der Waals surface area contributed by atoms with E-state index in [1.807, 2.05) is 121 Å². The highest BCUT2D eigenvalue weighted by molar-refractivity contribution is 7.12. The molecule has 5 heterocycles. The molecule has 11 nitrogen and oxygen atoms in total. The van der Waals surface area contributed by atoms with Crippen LogP contribution in [0.25, 0.3) is 43.6 Å². The molecule has 16 aromatic rings. The molecular formula is C92H80F4N8O3S. The first-order chi connectivity index (χ1) is 52.3. The van der Waals surface area contributed by atoms with Crippen molar-refractivity contribution in [2.45, 2.75) is 74.3 Å². The highest BCUT2D eigenvalue weighted by atomic mass is 32.1. The molecule has 5 aromatic heterocycles. The van der Waals surface area contributed by atoms with Crippen LogP contribution in [0.4, 0.5) is 40.3 Å². The maximum atomic E-state index is 14.0. The molecule has 16 heteroatoms. The van der Waals surface area contributed by atoms with Gasteiger partial charge in [0.15, 0.2) is 11.6 Å². The first kappa shape index (κ1) is 73.5. The van der Waals surface area contributed by atoms with Gasteiger partial charge in [0, 0.05) is 79.1 Å². The van der Waals surface area contributed by atoms with Crippen molar-refractivity contribution in [3.8, 4) is 0 Å². The number of aromatic nitrogens is 4. The van der Waals surface area contributed by atoms with Crippen molar-refractivity contribution >= 4 is 95.4 Å². The summed E-state index contributed by atoms with van der Waals surface area (Å²) in [4.78, 5) is 38.4. The van der Waals surface area contributed by atoms with Crippen LogP contribution in [0, 0.1) is 64.8 Å². The molecule has 0 radical (unpaired) electrons. The molecule has 0 atom stereocenters. The lowest BCUT2D eigenvalue weighted by molar-refractivity contribution is 0.101. The van der Waals surface area contributed by atoms with E-state index in [9.17, 15) is 31.9 Å². The number of hydrogen-bond donors (Lipinski definition) is 4. The van der Waals surface area contributed by atoms with E-state index in [0.29, 0.717) is 24.5 Å². The summed E-state index contributed by atoms with van der Waals surface area (Å²) in [6.45, 7) is 16.1. The van der Waals surface area contributed by atoms with E-state index in [1.54, 1.807) is 0 Å². The first-order valence-electron chi connectivity index (χ1n) is 35.5. The van der Waals surface area contributed by atoms with Crippen molar-refractivity contribution in [2.75, 3.05) is 21.3 Å². The monoisotopic (exact) mass is 1450 g/mol. The van der Waals surface area contributed by atoms with Crippen LogP contribution in [0.1, 0.15) is 91.6 Å². The average Bonchev–Trinajstić information content (AvgIpc) is 1.66. The van der Waals surface area contributed by atoms with Gasteiger partial charge in [-0.05, 0) is 141 Å². The Morgan fingerprint density at radius 3 is 1.06 bits per heavy atom. The quantitative estimate of drug-likeness (QED) is 0.0679. The van der Waals surface area contributed by atoms with Crippen molar-refractivity contribution in [3.05, 3.63) is 391 Å². The highest BCUT2D eigenvalue weighted by Crippen LogP contribution is 2.33. The number of amides is 3. The van der Waals surface area contributed by atoms with Crippen molar-refractivity contribution in [1.29, 1.82) is 0 Å². The van der Waals surface area contributed by atoms with E-state index < -0.39 is 35.1 Å². The molecule has 0 saturated carbocycles. The van der Waals surface area contributed by atoms with Crippen LogP contribution < -0.4 is 21.3 Å². The number of hydrogen-bond acceptors (Lipinski definition) is 5. The summed E-state index contributed by atoms with van der Waals surface area (Å²) in [5.41, 5.74) is 20.1. The van der Waals surface area contributed by atoms with E-state index in [-0.39, 0.29) is 17.0 Å². The maximum Gasteiger partial charge on any atom is 0.266 e. The van der Waals surface area contributed by atoms with Crippen LogP contribution in [0.2, 0.25) is 0 Å². The molecule has 0 spiro atoms. The van der Waals surface area contributed by atoms with Gasteiger partial charge in [-0.1, -0.05) is 228 Å². The third kappa shape index (κ3) is 17.8. The summed E-state index contributed by atoms with van der Waals surface area (Å²) < 4.78 is 63.3. The second-order valence-corrected chi connectivity index (χ2v) is 28.0. The van der Waals surface area contributed by atoms with Gasteiger partial charge in [0.25, 0.3) is 17.7 Å². The number of benzene rings is 11. The molecule has 0 aliphatic heterocycles. The molecule has 16 rings (SSSR count). The number of aryl methyl sites for hydroxylation is 6. The van der Waals surface area contributed by atoms with Gasteiger partial charge < -0.3 is 39.5 Å². The topological polar surface area (TPSA) is 119 Å². The minimum absolute atomic E-state index is 0.0456. The Hall–Kier alpha value is -12.8. The van der Waals surface area contributed by atoms with Gasteiger partial charge in [0.2, 0.25) is 0 Å². The molecule has 0 aliphatic rings. The van der Waals surface area contributed by atoms with E-state index in [0.717, 1.165) is 104 Å². The van der Waals surface area contributed by atoms with Crippen molar-refractivity contribution in [2.24, 2.45) is 0 Å². The number of thiophene rings is 1. The Kier molecular flexibility index (Phi) is 22.8. The minimum Gasteiger partial charge on any atom is -0.379 e. The van der Waals surface area contributed by atoms with Crippen LogP contribution >= 0.6 is 11.3 Å². The lowest BCUT2D eigenvalue weighted by Gasteiger charge is -2.06. The molecule has 0 bridgehead atoms. The number of nitrogens with one attached hydrogen (secondary N) is 4. The molecule has 0 aliphatic carbocycles. The minimum atomic E-state index is -1.15. The number of carbonyl (C=O) groups excluding carboxylic acids is 3. The number of nitrogens with zero attached hydrogens (tertiary/aromatic N) is 4. The summed E-state index contributed by atoms with van der Waals surface area (Å²) in [5, 5.41) is 18.1. The fourth-order valence-electron chi connectivity index (χ4n) is 12.9. The molecular weight excluding hydrogens is 1370 g/mol. The van der Waals surface area contributed by atoms with Crippen molar-refractivity contribution in [1.82, 2.24) is 18.3 Å². The lowest BCUT2D eigenvalue weighted by atomic mass is 10.1. The van der Waals surface area contributed by atoms with Crippen LogP contribution in [-0.4, -0.2) is 36.0 Å². The summed E-state index contributed by atoms with van der Waals surface area (Å²) in [6, 6.07) is 82.9. The highest BCUT2D eigenvalue weighted by Gasteiger charge is 2.21. The predicted molar refractivity (Wildman–Crippen MR) is 433 cm³/mol. The number of carbonyl (C=O) groups is 3. The number of anilines is 4. The Morgan fingerprint density at radius 2 is 0.676 bits per heavy atom. The zero-order valence-corrected chi connectivity index (χ0v) is 61.5. The number of para-hydroxylation sites is 4. The van der Waals surface area contributed by atoms with E-state index in [1.165, 1.54) is 84.6 Å². The molecule has 11 aromatic carbocycles. The molecule has 0 unspecified atom stereocenters. The predicted octanol–water partition coefficient (Wildman–Crippen LogP) is 22.6. The second-order valence-electron chi connectivity index (χ2n) is 27.1. The Balaban J connectivity index is 0.000000127. The van der Waals surface area contributed by atoms with Gasteiger partial charge in [-0.3, -0.25) is 14.4 Å². The fraction of sp³-hybridized carbons (Fsp3) is 0.120. The van der Waals surface area contributed by atoms with Crippen LogP contribution in [0.15, 0.2) is 291 Å². The van der Waals surface area contributed by atoms with Gasteiger partial charge in [-0.15, -0.1) is 11.3 Å². The first-order valence-corrected chi connectivity index (χ1v) is 36.4. The van der Waals surface area contributed by atoms with Gasteiger partial charge in [-0.25, -0.2) is 17.6 Å². The number of rotatable bonds is 17. The smallest absolute Gasteiger partial charge is 0.266 e. The van der Waals surface area contributed by atoms with Gasteiger partial charge in [-0.2, -0.15) is 0 Å². The Bertz CT molecular complexity index is 5720. The molecule has 0 fully saturated rings. The van der Waals surface area contributed by atoms with Crippen molar-refractivity contribution < 1.29 is 31.9 Å². The number of fused-ring (bicyclic) bond motifs is 4. The molecule has 0 saturated heterocycles. The lowest BCUT2D eigenvalue weighted by Crippen LogP contribution is -2.14. The van der Waals surface area contributed by atoms with E-state index in [2.05, 4.69) is 215 Å². The van der Waals surface area contributed by atoms with Gasteiger partial charge in [0.05, 0.1) is 60.8 Å². The number of halogens is 4. The van der Waals surface area contributed by atoms with Crippen LogP contribution in [0.3, 0.4) is 0 Å². The normalized spacial score (nSPS) is 11.0. The van der Waals surface area contributed by atoms with Crippen LogP contribution in [-0.2, 0) is 32.7 Å². The van der Waals surface area contributed by atoms with Gasteiger partial charge >= 0.3 is 0 Å². The largest absolute Gasteiger partial charge is 0.379 e. The molecule has 3 amide bonds. The van der Waals surface area contributed by atoms with E-state index in [4.69, 9.17) is 0 Å². The third-order valence-corrected chi connectivity index (χ3v) is 19.8. The van der Waals surface area contributed by atoms with Gasteiger partial charge in [0.1, 0.15) is 11.6 Å². The SMILES string of the molecule is Cc1ccc(CNc2cn(Cc3ccc(C)cc3)c3ccccc23)cc1.Cc1ccc(Cn2cc(NC(=O)c3cc(F)ccc3F)c3ccccc32)cc1.Cc1ccc(Cn2cc(NC(=O)c3cccc(F)c3F)c3ccccc32)cc1.Cc1ccc(Cn2cc(NC(=O)c3sccc3C)c3ccccc32)cc1. The van der Waals surface area contributed by atoms with E-state index >= 15 is 0 Å². The molecule has 540 valence electrons. The summed E-state index contributed by atoms with van der Waals surface area (Å²) >= 11 is 1.47. The summed E-state index contributed by atoms with van der Waals surface area (Å²) in [5.74, 6) is -5.03. The zero-order chi connectivity index (χ0) is 75.4. The molecule has 4 N–H and O–H groups in total. The maximum absolute atomic E-state index is 14.0. The summed E-state index contributed by atoms with van der Waals surface area (Å²) in [7, 11) is 0.